The molecule has 1 rings (SSSR count). The Morgan fingerprint density at radius 3 is 2.33 bits per heavy atom. The van der Waals surface area contributed by atoms with Crippen molar-refractivity contribution in [1.82, 2.24) is 0 Å². The minimum absolute atomic E-state index is 0.148. The molecule has 0 aromatic carbocycles. The van der Waals surface area contributed by atoms with Crippen LogP contribution in [0.2, 0.25) is 0 Å². The lowest BCUT2D eigenvalue weighted by molar-refractivity contribution is 0.116. The molecule has 0 spiro atoms. The van der Waals surface area contributed by atoms with Crippen LogP contribution in [0, 0.1) is 5.92 Å². The SMILES string of the molecule is CC1=C(C(C)N)C=CC1C(F)F. The molecule has 0 bridgehead atoms. The Labute approximate surface area is 70.9 Å². The fraction of sp³-hybridized carbons (Fsp3) is 0.556. The lowest BCUT2D eigenvalue weighted by Gasteiger charge is -2.11. The Morgan fingerprint density at radius 1 is 1.50 bits per heavy atom. The molecule has 3 heteroatoms. The number of alkyl halides is 2. The summed E-state index contributed by atoms with van der Waals surface area (Å²) in [5.74, 6) is -0.717. The first kappa shape index (κ1) is 9.39. The topological polar surface area (TPSA) is 26.0 Å². The molecule has 1 aliphatic rings. The van der Waals surface area contributed by atoms with Gasteiger partial charge in [0, 0.05) is 6.04 Å². The molecule has 68 valence electrons. The zero-order chi connectivity index (χ0) is 9.30. The van der Waals surface area contributed by atoms with Crippen molar-refractivity contribution >= 4 is 0 Å². The van der Waals surface area contributed by atoms with Gasteiger partial charge >= 0.3 is 0 Å². The second-order valence-corrected chi connectivity index (χ2v) is 3.15. The summed E-state index contributed by atoms with van der Waals surface area (Å²) in [4.78, 5) is 0. The van der Waals surface area contributed by atoms with Crippen LogP contribution in [0.3, 0.4) is 0 Å². The predicted molar refractivity (Wildman–Crippen MR) is 45.0 cm³/mol. The zero-order valence-corrected chi connectivity index (χ0v) is 7.22. The Balaban J connectivity index is 2.85. The Hall–Kier alpha value is -0.700. The van der Waals surface area contributed by atoms with Gasteiger partial charge in [-0.05, 0) is 19.4 Å². The smallest absolute Gasteiger partial charge is 0.248 e. The first-order valence-electron chi connectivity index (χ1n) is 3.96. The van der Waals surface area contributed by atoms with E-state index < -0.39 is 12.3 Å². The molecule has 12 heavy (non-hydrogen) atoms. The molecule has 0 saturated carbocycles. The summed E-state index contributed by atoms with van der Waals surface area (Å²) < 4.78 is 24.6. The van der Waals surface area contributed by atoms with Crippen LogP contribution in [-0.2, 0) is 0 Å². The van der Waals surface area contributed by atoms with E-state index in [-0.39, 0.29) is 6.04 Å². The minimum Gasteiger partial charge on any atom is -0.324 e. The molecule has 0 aromatic heterocycles. The fourth-order valence-electron chi connectivity index (χ4n) is 1.46. The molecular weight excluding hydrogens is 160 g/mol. The van der Waals surface area contributed by atoms with Gasteiger partial charge in [-0.1, -0.05) is 17.7 Å². The number of rotatable bonds is 2. The van der Waals surface area contributed by atoms with Crippen LogP contribution in [0.4, 0.5) is 8.78 Å². The van der Waals surface area contributed by atoms with Crippen LogP contribution in [0.15, 0.2) is 23.3 Å². The highest BCUT2D eigenvalue weighted by molar-refractivity contribution is 5.39. The van der Waals surface area contributed by atoms with Crippen LogP contribution in [0.5, 0.6) is 0 Å². The molecule has 1 nitrogen and oxygen atoms in total. The summed E-state index contributed by atoms with van der Waals surface area (Å²) in [7, 11) is 0. The van der Waals surface area contributed by atoms with E-state index in [1.807, 2.05) is 0 Å². The van der Waals surface area contributed by atoms with Crippen molar-refractivity contribution in [2.45, 2.75) is 26.3 Å². The number of hydrogen-bond acceptors (Lipinski definition) is 1. The third kappa shape index (κ3) is 1.55. The van der Waals surface area contributed by atoms with Gasteiger partial charge in [-0.3, -0.25) is 0 Å². The fourth-order valence-corrected chi connectivity index (χ4v) is 1.46. The van der Waals surface area contributed by atoms with Crippen LogP contribution >= 0.6 is 0 Å². The highest BCUT2D eigenvalue weighted by atomic mass is 19.3. The Bertz CT molecular complexity index is 229. The number of halogens is 2. The van der Waals surface area contributed by atoms with Gasteiger partial charge < -0.3 is 5.73 Å². The van der Waals surface area contributed by atoms with Gasteiger partial charge in [0.2, 0.25) is 6.43 Å². The summed E-state index contributed by atoms with van der Waals surface area (Å²) in [6, 6.07) is -0.148. The molecule has 2 atom stereocenters. The van der Waals surface area contributed by atoms with E-state index in [2.05, 4.69) is 0 Å². The molecule has 0 amide bonds. The Morgan fingerprint density at radius 2 is 2.08 bits per heavy atom. The second-order valence-electron chi connectivity index (χ2n) is 3.15. The Kier molecular flexibility index (Phi) is 2.62. The third-order valence-electron chi connectivity index (χ3n) is 2.20. The van der Waals surface area contributed by atoms with Crippen LogP contribution < -0.4 is 5.73 Å². The summed E-state index contributed by atoms with van der Waals surface area (Å²) in [5, 5.41) is 0. The molecular formula is C9H13F2N. The van der Waals surface area contributed by atoms with Gasteiger partial charge in [0.1, 0.15) is 0 Å². The van der Waals surface area contributed by atoms with Crippen LogP contribution in [0.25, 0.3) is 0 Å². The molecule has 0 fully saturated rings. The lowest BCUT2D eigenvalue weighted by Crippen LogP contribution is -2.18. The maximum Gasteiger partial charge on any atom is 0.248 e. The molecule has 0 aliphatic heterocycles. The summed E-state index contributed by atoms with van der Waals surface area (Å²) >= 11 is 0. The summed E-state index contributed by atoms with van der Waals surface area (Å²) in [6.45, 7) is 3.52. The highest BCUT2D eigenvalue weighted by Crippen LogP contribution is 2.30. The standard InChI is InChI=1S/C9H13F2N/c1-5-7(6(2)12)3-4-8(5)9(10)11/h3-4,6,8-9H,12H2,1-2H3. The van der Waals surface area contributed by atoms with Crippen molar-refractivity contribution in [3.8, 4) is 0 Å². The monoisotopic (exact) mass is 173 g/mol. The van der Waals surface area contributed by atoms with Crippen molar-refractivity contribution in [2.75, 3.05) is 0 Å². The zero-order valence-electron chi connectivity index (χ0n) is 7.22. The number of allylic oxidation sites excluding steroid dienone is 2. The van der Waals surface area contributed by atoms with Gasteiger partial charge in [-0.15, -0.1) is 0 Å². The molecule has 2 N–H and O–H groups in total. The van der Waals surface area contributed by atoms with E-state index in [1.54, 1.807) is 19.9 Å². The second kappa shape index (κ2) is 3.35. The molecule has 0 heterocycles. The van der Waals surface area contributed by atoms with Gasteiger partial charge in [-0.25, -0.2) is 8.78 Å². The quantitative estimate of drug-likeness (QED) is 0.680. The predicted octanol–water partition coefficient (Wildman–Crippen LogP) is 2.10. The van der Waals surface area contributed by atoms with Gasteiger partial charge in [-0.2, -0.15) is 0 Å². The van der Waals surface area contributed by atoms with E-state index in [0.717, 1.165) is 5.57 Å². The van der Waals surface area contributed by atoms with Crippen molar-refractivity contribution in [3.63, 3.8) is 0 Å². The first-order valence-corrected chi connectivity index (χ1v) is 3.96. The van der Waals surface area contributed by atoms with E-state index in [9.17, 15) is 8.78 Å². The number of nitrogens with two attached hydrogens (primary N) is 1. The van der Waals surface area contributed by atoms with Crippen LogP contribution in [-0.4, -0.2) is 12.5 Å². The molecule has 0 aromatic rings. The van der Waals surface area contributed by atoms with Crippen LogP contribution in [0.1, 0.15) is 13.8 Å². The van der Waals surface area contributed by atoms with Crippen molar-refractivity contribution < 1.29 is 8.78 Å². The van der Waals surface area contributed by atoms with Crippen molar-refractivity contribution in [1.29, 1.82) is 0 Å². The average molecular weight is 173 g/mol. The van der Waals surface area contributed by atoms with Gasteiger partial charge in [0.05, 0.1) is 5.92 Å². The maximum absolute atomic E-state index is 12.3. The lowest BCUT2D eigenvalue weighted by atomic mass is 10.0. The molecule has 1 aliphatic carbocycles. The third-order valence-corrected chi connectivity index (χ3v) is 2.20. The molecule has 2 unspecified atom stereocenters. The van der Waals surface area contributed by atoms with E-state index >= 15 is 0 Å². The molecule has 0 saturated heterocycles. The van der Waals surface area contributed by atoms with E-state index in [1.165, 1.54) is 6.08 Å². The normalized spacial score (nSPS) is 25.7. The first-order chi connectivity index (χ1) is 5.54. The summed E-state index contributed by atoms with van der Waals surface area (Å²) in [6.07, 6.45) is 0.924. The van der Waals surface area contributed by atoms with Gasteiger partial charge in [0.15, 0.2) is 0 Å². The summed E-state index contributed by atoms with van der Waals surface area (Å²) in [5.41, 5.74) is 7.15. The van der Waals surface area contributed by atoms with Crippen molar-refractivity contribution in [2.24, 2.45) is 11.7 Å². The van der Waals surface area contributed by atoms with Crippen molar-refractivity contribution in [3.05, 3.63) is 23.3 Å². The van der Waals surface area contributed by atoms with E-state index in [0.29, 0.717) is 5.57 Å². The maximum atomic E-state index is 12.3. The highest BCUT2D eigenvalue weighted by Gasteiger charge is 2.25. The van der Waals surface area contributed by atoms with E-state index in [4.69, 9.17) is 5.73 Å². The minimum atomic E-state index is -2.31. The molecule has 0 radical (unpaired) electrons. The number of hydrogen-bond donors (Lipinski definition) is 1. The largest absolute Gasteiger partial charge is 0.324 e. The van der Waals surface area contributed by atoms with Gasteiger partial charge in [0.25, 0.3) is 0 Å². The average Bonchev–Trinajstić information content (AvgIpc) is 2.30.